The summed E-state index contributed by atoms with van der Waals surface area (Å²) in [6, 6.07) is 3.70. The lowest BCUT2D eigenvalue weighted by Crippen LogP contribution is -2.39. The van der Waals surface area contributed by atoms with E-state index in [1.54, 1.807) is 0 Å². The molecule has 0 radical (unpaired) electrons. The van der Waals surface area contributed by atoms with E-state index in [0.717, 1.165) is 31.2 Å². The maximum absolute atomic E-state index is 14.4. The fraction of sp³-hybridized carbons (Fsp3) is 0.571. The van der Waals surface area contributed by atoms with Crippen LogP contribution in [0.4, 0.5) is 4.39 Å². The molecule has 0 saturated heterocycles. The van der Waals surface area contributed by atoms with Crippen molar-refractivity contribution in [3.05, 3.63) is 29.1 Å². The van der Waals surface area contributed by atoms with Crippen molar-refractivity contribution < 1.29 is 9.13 Å². The Bertz CT molecular complexity index is 438. The second-order valence-corrected chi connectivity index (χ2v) is 5.22. The Kier molecular flexibility index (Phi) is 2.58. The van der Waals surface area contributed by atoms with Crippen molar-refractivity contribution in [3.63, 3.8) is 0 Å². The molecule has 3 heteroatoms. The molecule has 2 N–H and O–H groups in total. The summed E-state index contributed by atoms with van der Waals surface area (Å²) in [7, 11) is 0. The van der Waals surface area contributed by atoms with Crippen LogP contribution in [0, 0.1) is 5.82 Å². The van der Waals surface area contributed by atoms with Crippen molar-refractivity contribution in [3.8, 4) is 5.75 Å². The van der Waals surface area contributed by atoms with Gasteiger partial charge in [0.2, 0.25) is 0 Å². The fourth-order valence-corrected chi connectivity index (χ4v) is 3.07. The molecule has 1 aromatic rings. The van der Waals surface area contributed by atoms with Crippen LogP contribution in [0.5, 0.6) is 5.75 Å². The fourth-order valence-electron chi connectivity index (χ4n) is 3.07. The molecule has 1 aliphatic carbocycles. The van der Waals surface area contributed by atoms with Gasteiger partial charge < -0.3 is 10.5 Å². The van der Waals surface area contributed by atoms with Crippen molar-refractivity contribution in [2.45, 2.75) is 44.1 Å². The molecule has 3 rings (SSSR count). The normalized spacial score (nSPS) is 22.0. The summed E-state index contributed by atoms with van der Waals surface area (Å²) in [5, 5.41) is 0. The molecular formula is C14H18FNO. The van der Waals surface area contributed by atoms with Gasteiger partial charge in [-0.1, -0.05) is 25.3 Å². The molecule has 1 heterocycles. The topological polar surface area (TPSA) is 35.2 Å². The van der Waals surface area contributed by atoms with Gasteiger partial charge in [-0.05, 0) is 18.9 Å². The summed E-state index contributed by atoms with van der Waals surface area (Å²) < 4.78 is 19.8. The molecule has 0 bridgehead atoms. The van der Waals surface area contributed by atoms with Gasteiger partial charge >= 0.3 is 0 Å². The summed E-state index contributed by atoms with van der Waals surface area (Å²) in [5.41, 5.74) is 7.35. The number of benzene rings is 1. The van der Waals surface area contributed by atoms with Crippen LogP contribution >= 0.6 is 0 Å². The summed E-state index contributed by atoms with van der Waals surface area (Å²) in [6.45, 7) is 0.591. The van der Waals surface area contributed by atoms with E-state index >= 15 is 0 Å². The van der Waals surface area contributed by atoms with Crippen LogP contribution < -0.4 is 10.5 Å². The van der Waals surface area contributed by atoms with E-state index in [4.69, 9.17) is 10.5 Å². The lowest BCUT2D eigenvalue weighted by Gasteiger charge is -2.34. The van der Waals surface area contributed by atoms with Crippen LogP contribution in [0.3, 0.4) is 0 Å². The summed E-state index contributed by atoms with van der Waals surface area (Å²) >= 11 is 0. The predicted molar refractivity (Wildman–Crippen MR) is 64.5 cm³/mol. The average molecular weight is 235 g/mol. The number of nitrogens with two attached hydrogens (primary N) is 1. The number of halogens is 1. The Morgan fingerprint density at radius 1 is 1.18 bits per heavy atom. The van der Waals surface area contributed by atoms with Gasteiger partial charge in [-0.15, -0.1) is 0 Å². The highest BCUT2D eigenvalue weighted by atomic mass is 19.1. The van der Waals surface area contributed by atoms with E-state index in [9.17, 15) is 4.39 Å². The highest BCUT2D eigenvalue weighted by Gasteiger charge is 2.34. The van der Waals surface area contributed by atoms with Crippen molar-refractivity contribution >= 4 is 0 Å². The molecule has 1 saturated carbocycles. The maximum atomic E-state index is 14.4. The zero-order valence-corrected chi connectivity index (χ0v) is 9.97. The first-order valence-corrected chi connectivity index (χ1v) is 6.44. The van der Waals surface area contributed by atoms with Gasteiger partial charge in [0.25, 0.3) is 0 Å². The van der Waals surface area contributed by atoms with Crippen LogP contribution in [0.1, 0.15) is 43.2 Å². The van der Waals surface area contributed by atoms with E-state index in [1.807, 2.05) is 12.1 Å². The first-order valence-electron chi connectivity index (χ1n) is 6.44. The molecule has 0 atom stereocenters. The number of rotatable bonds is 1. The van der Waals surface area contributed by atoms with Crippen molar-refractivity contribution in [1.82, 2.24) is 0 Å². The second kappa shape index (κ2) is 3.98. The minimum Gasteiger partial charge on any atom is -0.493 e. The van der Waals surface area contributed by atoms with Gasteiger partial charge in [-0.25, -0.2) is 4.39 Å². The third-order valence-corrected chi connectivity index (χ3v) is 4.09. The van der Waals surface area contributed by atoms with E-state index in [0.29, 0.717) is 24.3 Å². The second-order valence-electron chi connectivity index (χ2n) is 5.22. The Hall–Kier alpha value is -1.09. The largest absolute Gasteiger partial charge is 0.493 e. The Balaban J connectivity index is 2.03. The zero-order valence-electron chi connectivity index (χ0n) is 9.97. The molecule has 0 aromatic heterocycles. The standard InChI is InChI=1S/C14H18FNO/c15-13-10-6-9-17-12(10)5-4-11(13)14(16)7-2-1-3-8-14/h4-5H,1-3,6-9,16H2. The van der Waals surface area contributed by atoms with Gasteiger partial charge in [0, 0.05) is 23.1 Å². The van der Waals surface area contributed by atoms with Crippen LogP contribution in [-0.2, 0) is 12.0 Å². The van der Waals surface area contributed by atoms with Gasteiger partial charge in [0.1, 0.15) is 11.6 Å². The molecule has 0 spiro atoms. The lowest BCUT2D eigenvalue weighted by molar-refractivity contribution is 0.292. The van der Waals surface area contributed by atoms with E-state index in [2.05, 4.69) is 0 Å². The van der Waals surface area contributed by atoms with Crippen LogP contribution in [0.25, 0.3) is 0 Å². The summed E-state index contributed by atoms with van der Waals surface area (Å²) in [5.74, 6) is 0.579. The van der Waals surface area contributed by atoms with E-state index in [-0.39, 0.29) is 5.82 Å². The van der Waals surface area contributed by atoms with Gasteiger partial charge in [-0.2, -0.15) is 0 Å². The third-order valence-electron chi connectivity index (χ3n) is 4.09. The monoisotopic (exact) mass is 235 g/mol. The van der Waals surface area contributed by atoms with Crippen LogP contribution in [-0.4, -0.2) is 6.61 Å². The Morgan fingerprint density at radius 2 is 1.94 bits per heavy atom. The molecule has 2 nitrogen and oxygen atoms in total. The smallest absolute Gasteiger partial charge is 0.135 e. The third kappa shape index (κ3) is 1.73. The number of hydrogen-bond acceptors (Lipinski definition) is 2. The minimum atomic E-state index is -0.458. The molecule has 17 heavy (non-hydrogen) atoms. The molecule has 1 fully saturated rings. The van der Waals surface area contributed by atoms with Gasteiger partial charge in [0.15, 0.2) is 0 Å². The zero-order chi connectivity index (χ0) is 11.9. The number of fused-ring (bicyclic) bond motifs is 1. The van der Waals surface area contributed by atoms with Crippen molar-refractivity contribution in [2.24, 2.45) is 5.73 Å². The molecule has 1 aliphatic heterocycles. The van der Waals surface area contributed by atoms with Gasteiger partial charge in [-0.3, -0.25) is 0 Å². The summed E-state index contributed by atoms with van der Waals surface area (Å²) in [4.78, 5) is 0. The van der Waals surface area contributed by atoms with Crippen LogP contribution in [0.2, 0.25) is 0 Å². The number of ether oxygens (including phenoxy) is 1. The van der Waals surface area contributed by atoms with E-state index in [1.165, 1.54) is 6.42 Å². The lowest BCUT2D eigenvalue weighted by atomic mass is 9.76. The van der Waals surface area contributed by atoms with Gasteiger partial charge in [0.05, 0.1) is 6.61 Å². The molecule has 0 unspecified atom stereocenters. The molecule has 0 amide bonds. The highest BCUT2D eigenvalue weighted by Crippen LogP contribution is 2.39. The maximum Gasteiger partial charge on any atom is 0.135 e. The summed E-state index contributed by atoms with van der Waals surface area (Å²) in [6.07, 6.45) is 5.87. The average Bonchev–Trinajstić information content (AvgIpc) is 2.79. The van der Waals surface area contributed by atoms with Crippen molar-refractivity contribution in [1.29, 1.82) is 0 Å². The Morgan fingerprint density at radius 3 is 2.71 bits per heavy atom. The first-order chi connectivity index (χ1) is 8.21. The van der Waals surface area contributed by atoms with E-state index < -0.39 is 5.54 Å². The Labute approximate surface area is 101 Å². The molecule has 2 aliphatic rings. The first kappa shape index (κ1) is 11.0. The highest BCUT2D eigenvalue weighted by molar-refractivity contribution is 5.43. The number of hydrogen-bond donors (Lipinski definition) is 1. The predicted octanol–water partition coefficient (Wildman–Crippen LogP) is 2.88. The SMILES string of the molecule is NC1(c2ccc3c(c2F)CCO3)CCCCC1. The molecular weight excluding hydrogens is 217 g/mol. The minimum absolute atomic E-state index is 0.121. The quantitative estimate of drug-likeness (QED) is 0.812. The molecule has 1 aromatic carbocycles. The van der Waals surface area contributed by atoms with Crippen molar-refractivity contribution in [2.75, 3.05) is 6.61 Å². The molecule has 92 valence electrons. The van der Waals surface area contributed by atoms with Crippen LogP contribution in [0.15, 0.2) is 12.1 Å².